The molecule has 2 N–H and O–H groups in total. The monoisotopic (exact) mass is 454 g/mol. The summed E-state index contributed by atoms with van der Waals surface area (Å²) in [6.07, 6.45) is 1.72. The van der Waals surface area contributed by atoms with Gasteiger partial charge >= 0.3 is 0 Å². The average molecular weight is 455 g/mol. The minimum atomic E-state index is -0.173. The van der Waals surface area contributed by atoms with Crippen LogP contribution in [-0.4, -0.2) is 30.1 Å². The molecular formula is C27H26N4O3. The fourth-order valence-electron chi connectivity index (χ4n) is 3.40. The molecule has 1 aromatic heterocycles. The molecule has 172 valence electrons. The Labute approximate surface area is 198 Å². The summed E-state index contributed by atoms with van der Waals surface area (Å²) in [5.74, 6) is 2.51. The molecule has 4 aromatic rings. The SMILES string of the molecule is COc1ccc(CNC(=O)c2ccc(Nc3ccnc(-c4ccc(C)cc4)n3)cc2)c(OC)c1. The van der Waals surface area contributed by atoms with E-state index < -0.39 is 0 Å². The predicted octanol–water partition coefficient (Wildman–Crippen LogP) is 5.14. The first-order valence-corrected chi connectivity index (χ1v) is 10.8. The van der Waals surface area contributed by atoms with Crippen molar-refractivity contribution in [3.05, 3.63) is 95.7 Å². The fraction of sp³-hybridized carbons (Fsp3) is 0.148. The Bertz CT molecular complexity index is 1270. The molecule has 0 atom stereocenters. The van der Waals surface area contributed by atoms with Crippen molar-refractivity contribution in [2.45, 2.75) is 13.5 Å². The number of rotatable bonds is 8. The maximum atomic E-state index is 12.6. The van der Waals surface area contributed by atoms with Crippen LogP contribution in [0.5, 0.6) is 11.5 Å². The van der Waals surface area contributed by atoms with Gasteiger partial charge in [-0.25, -0.2) is 9.97 Å². The number of anilines is 2. The summed E-state index contributed by atoms with van der Waals surface area (Å²) < 4.78 is 10.6. The van der Waals surface area contributed by atoms with E-state index in [1.54, 1.807) is 44.7 Å². The molecular weight excluding hydrogens is 428 g/mol. The number of carbonyl (C=O) groups excluding carboxylic acids is 1. The van der Waals surface area contributed by atoms with Crippen molar-refractivity contribution >= 4 is 17.4 Å². The second-order valence-corrected chi connectivity index (χ2v) is 7.69. The van der Waals surface area contributed by atoms with Crippen molar-refractivity contribution in [2.75, 3.05) is 19.5 Å². The van der Waals surface area contributed by atoms with E-state index in [2.05, 4.69) is 20.6 Å². The normalized spacial score (nSPS) is 10.4. The minimum Gasteiger partial charge on any atom is -0.497 e. The molecule has 0 aliphatic heterocycles. The lowest BCUT2D eigenvalue weighted by atomic mass is 10.1. The predicted molar refractivity (Wildman–Crippen MR) is 133 cm³/mol. The Balaban J connectivity index is 1.39. The van der Waals surface area contributed by atoms with Crippen LogP contribution >= 0.6 is 0 Å². The van der Waals surface area contributed by atoms with Crippen molar-refractivity contribution in [3.8, 4) is 22.9 Å². The zero-order valence-electron chi connectivity index (χ0n) is 19.3. The molecule has 34 heavy (non-hydrogen) atoms. The molecule has 4 rings (SSSR count). The molecule has 0 unspecified atom stereocenters. The molecule has 0 spiro atoms. The van der Waals surface area contributed by atoms with Crippen LogP contribution in [0.4, 0.5) is 11.5 Å². The maximum absolute atomic E-state index is 12.6. The highest BCUT2D eigenvalue weighted by Gasteiger charge is 2.10. The number of carbonyl (C=O) groups is 1. The van der Waals surface area contributed by atoms with Crippen LogP contribution in [0.15, 0.2) is 79.0 Å². The van der Waals surface area contributed by atoms with Crippen molar-refractivity contribution in [1.29, 1.82) is 0 Å². The zero-order valence-corrected chi connectivity index (χ0v) is 19.3. The first kappa shape index (κ1) is 22.8. The molecule has 3 aromatic carbocycles. The molecule has 7 nitrogen and oxygen atoms in total. The Hall–Kier alpha value is -4.39. The van der Waals surface area contributed by atoms with Crippen LogP contribution in [0, 0.1) is 6.92 Å². The van der Waals surface area contributed by atoms with E-state index in [4.69, 9.17) is 9.47 Å². The number of amides is 1. The Morgan fingerprint density at radius 3 is 2.38 bits per heavy atom. The summed E-state index contributed by atoms with van der Waals surface area (Å²) in [5.41, 5.74) is 4.38. The van der Waals surface area contributed by atoms with Crippen LogP contribution in [0.1, 0.15) is 21.5 Å². The quantitative estimate of drug-likeness (QED) is 0.383. The van der Waals surface area contributed by atoms with Gasteiger partial charge in [-0.2, -0.15) is 0 Å². The number of hydrogen-bond donors (Lipinski definition) is 2. The standard InChI is InChI=1S/C27H26N4O3/c1-18-4-6-19(7-5-18)26-28-15-14-25(31-26)30-22-11-8-20(9-12-22)27(32)29-17-21-10-13-23(33-2)16-24(21)34-3/h4-16H,17H2,1-3H3,(H,29,32)(H,28,30,31). The number of ether oxygens (including phenoxy) is 2. The van der Waals surface area contributed by atoms with Crippen LogP contribution in [0.25, 0.3) is 11.4 Å². The van der Waals surface area contributed by atoms with Crippen LogP contribution in [-0.2, 0) is 6.54 Å². The van der Waals surface area contributed by atoms with Gasteiger partial charge in [-0.1, -0.05) is 29.8 Å². The topological polar surface area (TPSA) is 85.4 Å². The van der Waals surface area contributed by atoms with Gasteiger partial charge in [-0.05, 0) is 49.4 Å². The first-order chi connectivity index (χ1) is 16.6. The largest absolute Gasteiger partial charge is 0.497 e. The Morgan fingerprint density at radius 1 is 0.912 bits per heavy atom. The number of hydrogen-bond acceptors (Lipinski definition) is 6. The Kier molecular flexibility index (Phi) is 7.03. The maximum Gasteiger partial charge on any atom is 0.251 e. The summed E-state index contributed by atoms with van der Waals surface area (Å²) in [7, 11) is 3.19. The molecule has 0 saturated carbocycles. The molecule has 0 aliphatic carbocycles. The summed E-state index contributed by atoms with van der Waals surface area (Å²) in [4.78, 5) is 21.6. The summed E-state index contributed by atoms with van der Waals surface area (Å²) in [5, 5.41) is 6.19. The third-order valence-corrected chi connectivity index (χ3v) is 5.32. The van der Waals surface area contributed by atoms with E-state index >= 15 is 0 Å². The number of aryl methyl sites for hydroxylation is 1. The Morgan fingerprint density at radius 2 is 1.68 bits per heavy atom. The highest BCUT2D eigenvalue weighted by molar-refractivity contribution is 5.94. The summed E-state index contributed by atoms with van der Waals surface area (Å²) in [6.45, 7) is 2.39. The number of nitrogens with one attached hydrogen (secondary N) is 2. The van der Waals surface area contributed by atoms with Crippen LogP contribution in [0.3, 0.4) is 0 Å². The molecule has 0 aliphatic rings. The highest BCUT2D eigenvalue weighted by Crippen LogP contribution is 2.24. The van der Waals surface area contributed by atoms with Gasteiger partial charge in [0.15, 0.2) is 5.82 Å². The highest BCUT2D eigenvalue weighted by atomic mass is 16.5. The van der Waals surface area contributed by atoms with E-state index in [-0.39, 0.29) is 5.91 Å². The summed E-state index contributed by atoms with van der Waals surface area (Å²) in [6, 6.07) is 22.6. The molecule has 0 saturated heterocycles. The second-order valence-electron chi connectivity index (χ2n) is 7.69. The molecule has 7 heteroatoms. The van der Waals surface area contributed by atoms with Crippen molar-refractivity contribution < 1.29 is 14.3 Å². The van der Waals surface area contributed by atoms with Gasteiger partial charge < -0.3 is 20.1 Å². The first-order valence-electron chi connectivity index (χ1n) is 10.8. The van der Waals surface area contributed by atoms with Gasteiger partial charge in [0.2, 0.25) is 0 Å². The lowest BCUT2D eigenvalue weighted by Crippen LogP contribution is -2.23. The van der Waals surface area contributed by atoms with E-state index in [1.807, 2.05) is 55.5 Å². The third-order valence-electron chi connectivity index (χ3n) is 5.32. The van der Waals surface area contributed by atoms with Crippen molar-refractivity contribution in [2.24, 2.45) is 0 Å². The summed E-state index contributed by atoms with van der Waals surface area (Å²) >= 11 is 0. The smallest absolute Gasteiger partial charge is 0.251 e. The number of benzene rings is 3. The average Bonchev–Trinajstić information content (AvgIpc) is 2.88. The van der Waals surface area contributed by atoms with Gasteiger partial charge in [0.05, 0.1) is 14.2 Å². The van der Waals surface area contributed by atoms with Gasteiger partial charge in [-0.15, -0.1) is 0 Å². The molecule has 0 fully saturated rings. The van der Waals surface area contributed by atoms with Crippen molar-refractivity contribution in [3.63, 3.8) is 0 Å². The van der Waals surface area contributed by atoms with E-state index in [0.717, 1.165) is 16.8 Å². The van der Waals surface area contributed by atoms with Gasteiger partial charge in [0, 0.05) is 41.2 Å². The minimum absolute atomic E-state index is 0.173. The van der Waals surface area contributed by atoms with E-state index in [0.29, 0.717) is 35.2 Å². The molecule has 1 amide bonds. The lowest BCUT2D eigenvalue weighted by Gasteiger charge is -2.12. The van der Waals surface area contributed by atoms with Gasteiger partial charge in [0.25, 0.3) is 5.91 Å². The zero-order chi connectivity index (χ0) is 23.9. The second kappa shape index (κ2) is 10.5. The molecule has 1 heterocycles. The van der Waals surface area contributed by atoms with Crippen LogP contribution in [0.2, 0.25) is 0 Å². The number of methoxy groups -OCH3 is 2. The van der Waals surface area contributed by atoms with Crippen LogP contribution < -0.4 is 20.1 Å². The lowest BCUT2D eigenvalue weighted by molar-refractivity contribution is 0.0950. The van der Waals surface area contributed by atoms with E-state index in [9.17, 15) is 4.79 Å². The van der Waals surface area contributed by atoms with Gasteiger partial charge in [0.1, 0.15) is 17.3 Å². The fourth-order valence-corrected chi connectivity index (χ4v) is 3.40. The van der Waals surface area contributed by atoms with Gasteiger partial charge in [-0.3, -0.25) is 4.79 Å². The molecule has 0 bridgehead atoms. The molecule has 0 radical (unpaired) electrons. The number of aromatic nitrogens is 2. The third kappa shape index (κ3) is 5.50. The van der Waals surface area contributed by atoms with Crippen molar-refractivity contribution in [1.82, 2.24) is 15.3 Å². The number of nitrogens with zero attached hydrogens (tertiary/aromatic N) is 2. The van der Waals surface area contributed by atoms with E-state index in [1.165, 1.54) is 5.56 Å².